The largest absolute Gasteiger partial charge is 0.459 e. The molecule has 1 heterocycles. The number of benzene rings is 1. The van der Waals surface area contributed by atoms with E-state index in [0.29, 0.717) is 17.7 Å². The molecule has 0 atom stereocenters. The van der Waals surface area contributed by atoms with Gasteiger partial charge in [-0.15, -0.1) is 0 Å². The van der Waals surface area contributed by atoms with Crippen LogP contribution in [0.5, 0.6) is 0 Å². The van der Waals surface area contributed by atoms with Crippen LogP contribution in [0.3, 0.4) is 0 Å². The molecule has 2 rings (SSSR count). The maximum Gasteiger partial charge on any atom is 0.394 e. The van der Waals surface area contributed by atoms with Crippen LogP contribution in [0.25, 0.3) is 11.1 Å². The van der Waals surface area contributed by atoms with Gasteiger partial charge in [-0.3, -0.25) is 0 Å². The summed E-state index contributed by atoms with van der Waals surface area (Å²) >= 11 is 0. The molecule has 0 spiro atoms. The first kappa shape index (κ1) is 12.6. The van der Waals surface area contributed by atoms with Gasteiger partial charge >= 0.3 is 11.9 Å². The number of aromatic nitrogens is 1. The van der Waals surface area contributed by atoms with E-state index in [1.807, 2.05) is 12.1 Å². The van der Waals surface area contributed by atoms with Crippen molar-refractivity contribution in [3.63, 3.8) is 0 Å². The molecule has 4 nitrogen and oxygen atoms in total. The number of oxazole rings is 1. The molecule has 0 aliphatic heterocycles. The SMILES string of the molecule is CCCCCCOC(=O)c1nc2ccccc2o1. The Bertz CT molecular complexity index is 485. The third-order valence-electron chi connectivity index (χ3n) is 2.70. The Labute approximate surface area is 106 Å². The number of para-hydroxylation sites is 2. The molecule has 0 aliphatic carbocycles. The molecule has 0 unspecified atom stereocenters. The summed E-state index contributed by atoms with van der Waals surface area (Å²) in [6, 6.07) is 7.27. The first-order chi connectivity index (χ1) is 8.81. The molecule has 1 aromatic heterocycles. The standard InChI is InChI=1S/C14H17NO3/c1-2-3-4-7-10-17-14(16)13-15-11-8-5-6-9-12(11)18-13/h5-6,8-9H,2-4,7,10H2,1H3. The third kappa shape index (κ3) is 3.09. The topological polar surface area (TPSA) is 52.3 Å². The van der Waals surface area contributed by atoms with Crippen molar-refractivity contribution in [1.29, 1.82) is 0 Å². The summed E-state index contributed by atoms with van der Waals surface area (Å²) in [4.78, 5) is 15.8. The van der Waals surface area contributed by atoms with Gasteiger partial charge in [-0.2, -0.15) is 0 Å². The highest BCUT2D eigenvalue weighted by Crippen LogP contribution is 2.15. The van der Waals surface area contributed by atoms with Crippen molar-refractivity contribution < 1.29 is 13.9 Å². The van der Waals surface area contributed by atoms with E-state index in [0.717, 1.165) is 12.8 Å². The Morgan fingerprint density at radius 3 is 2.89 bits per heavy atom. The zero-order valence-electron chi connectivity index (χ0n) is 10.5. The van der Waals surface area contributed by atoms with Crippen LogP contribution in [0.4, 0.5) is 0 Å². The molecule has 0 aliphatic rings. The minimum absolute atomic E-state index is 0.0340. The zero-order chi connectivity index (χ0) is 12.8. The summed E-state index contributed by atoms with van der Waals surface area (Å²) in [5.74, 6) is -0.450. The maximum atomic E-state index is 11.7. The molecule has 18 heavy (non-hydrogen) atoms. The van der Waals surface area contributed by atoms with Gasteiger partial charge in [0.25, 0.3) is 0 Å². The summed E-state index contributed by atoms with van der Waals surface area (Å²) in [5.41, 5.74) is 1.28. The van der Waals surface area contributed by atoms with Crippen LogP contribution >= 0.6 is 0 Å². The number of ether oxygens (including phenoxy) is 1. The number of hydrogen-bond donors (Lipinski definition) is 0. The third-order valence-corrected chi connectivity index (χ3v) is 2.70. The van der Waals surface area contributed by atoms with E-state index in [1.54, 1.807) is 12.1 Å². The molecule has 0 saturated heterocycles. The Kier molecular flexibility index (Phi) is 4.34. The minimum Gasteiger partial charge on any atom is -0.459 e. The molecule has 0 N–H and O–H groups in total. The lowest BCUT2D eigenvalue weighted by Crippen LogP contribution is -2.06. The monoisotopic (exact) mass is 247 g/mol. The predicted molar refractivity (Wildman–Crippen MR) is 68.4 cm³/mol. The molecule has 0 fully saturated rings. The maximum absolute atomic E-state index is 11.7. The molecule has 0 radical (unpaired) electrons. The Balaban J connectivity index is 1.88. The van der Waals surface area contributed by atoms with Crippen molar-refractivity contribution in [3.05, 3.63) is 30.2 Å². The quantitative estimate of drug-likeness (QED) is 0.578. The van der Waals surface area contributed by atoms with Gasteiger partial charge < -0.3 is 9.15 Å². The first-order valence-electron chi connectivity index (χ1n) is 6.34. The number of rotatable bonds is 6. The average Bonchev–Trinajstić information content (AvgIpc) is 2.82. The van der Waals surface area contributed by atoms with E-state index in [2.05, 4.69) is 11.9 Å². The van der Waals surface area contributed by atoms with Gasteiger partial charge in [0.2, 0.25) is 0 Å². The second-order valence-electron chi connectivity index (χ2n) is 4.18. The summed E-state index contributed by atoms with van der Waals surface area (Å²) in [7, 11) is 0. The van der Waals surface area contributed by atoms with Crippen molar-refractivity contribution in [2.75, 3.05) is 6.61 Å². The Morgan fingerprint density at radius 2 is 2.11 bits per heavy atom. The lowest BCUT2D eigenvalue weighted by atomic mass is 10.2. The van der Waals surface area contributed by atoms with Gasteiger partial charge in [0.1, 0.15) is 5.52 Å². The number of carbonyl (C=O) groups excluding carboxylic acids is 1. The lowest BCUT2D eigenvalue weighted by molar-refractivity contribution is 0.0455. The average molecular weight is 247 g/mol. The van der Waals surface area contributed by atoms with Crippen LogP contribution in [-0.2, 0) is 4.74 Å². The highest BCUT2D eigenvalue weighted by atomic mass is 16.5. The van der Waals surface area contributed by atoms with Crippen LogP contribution < -0.4 is 0 Å². The molecule has 0 amide bonds. The molecule has 96 valence electrons. The van der Waals surface area contributed by atoms with Crippen LogP contribution in [-0.4, -0.2) is 17.6 Å². The van der Waals surface area contributed by atoms with E-state index in [4.69, 9.17) is 9.15 Å². The Hall–Kier alpha value is -1.84. The molecular formula is C14H17NO3. The second-order valence-corrected chi connectivity index (χ2v) is 4.18. The summed E-state index contributed by atoms with van der Waals surface area (Å²) < 4.78 is 10.4. The number of carbonyl (C=O) groups is 1. The van der Waals surface area contributed by atoms with Crippen LogP contribution in [0.15, 0.2) is 28.7 Å². The van der Waals surface area contributed by atoms with Crippen LogP contribution in [0.2, 0.25) is 0 Å². The number of unbranched alkanes of at least 4 members (excludes halogenated alkanes) is 3. The van der Waals surface area contributed by atoms with Crippen molar-refractivity contribution >= 4 is 17.1 Å². The highest BCUT2D eigenvalue weighted by molar-refractivity contribution is 5.88. The first-order valence-corrected chi connectivity index (χ1v) is 6.34. The fourth-order valence-corrected chi connectivity index (χ4v) is 1.71. The molecule has 2 aromatic rings. The summed E-state index contributed by atoms with van der Waals surface area (Å²) in [6.45, 7) is 2.57. The van der Waals surface area contributed by atoms with Crippen molar-refractivity contribution in [1.82, 2.24) is 4.98 Å². The van der Waals surface area contributed by atoms with Crippen LogP contribution in [0, 0.1) is 0 Å². The van der Waals surface area contributed by atoms with E-state index in [1.165, 1.54) is 12.8 Å². The Morgan fingerprint density at radius 1 is 1.28 bits per heavy atom. The van der Waals surface area contributed by atoms with Crippen LogP contribution in [0.1, 0.15) is 43.3 Å². The number of esters is 1. The van der Waals surface area contributed by atoms with Gasteiger partial charge in [0.15, 0.2) is 5.58 Å². The zero-order valence-corrected chi connectivity index (χ0v) is 10.5. The number of hydrogen-bond acceptors (Lipinski definition) is 4. The minimum atomic E-state index is -0.484. The summed E-state index contributed by atoms with van der Waals surface area (Å²) in [6.07, 6.45) is 4.30. The van der Waals surface area contributed by atoms with E-state index >= 15 is 0 Å². The van der Waals surface area contributed by atoms with Crippen molar-refractivity contribution in [3.8, 4) is 0 Å². The number of fused-ring (bicyclic) bond motifs is 1. The van der Waals surface area contributed by atoms with E-state index in [-0.39, 0.29) is 5.89 Å². The highest BCUT2D eigenvalue weighted by Gasteiger charge is 2.15. The second kappa shape index (κ2) is 6.19. The molecule has 0 saturated carbocycles. The molecule has 4 heteroatoms. The van der Waals surface area contributed by atoms with Gasteiger partial charge in [-0.05, 0) is 18.6 Å². The number of nitrogens with zero attached hydrogens (tertiary/aromatic N) is 1. The summed E-state index contributed by atoms with van der Waals surface area (Å²) in [5, 5.41) is 0. The fourth-order valence-electron chi connectivity index (χ4n) is 1.71. The molecule has 0 bridgehead atoms. The van der Waals surface area contributed by atoms with Gasteiger partial charge in [-0.1, -0.05) is 38.3 Å². The normalized spacial score (nSPS) is 10.7. The van der Waals surface area contributed by atoms with Gasteiger partial charge in [-0.25, -0.2) is 9.78 Å². The van der Waals surface area contributed by atoms with Crippen molar-refractivity contribution in [2.45, 2.75) is 32.6 Å². The van der Waals surface area contributed by atoms with Crippen molar-refractivity contribution in [2.24, 2.45) is 0 Å². The molecule has 1 aromatic carbocycles. The predicted octanol–water partition coefficient (Wildman–Crippen LogP) is 3.56. The fraction of sp³-hybridized carbons (Fsp3) is 0.429. The molecular weight excluding hydrogens is 230 g/mol. The van der Waals surface area contributed by atoms with Gasteiger partial charge in [0.05, 0.1) is 6.61 Å². The van der Waals surface area contributed by atoms with E-state index < -0.39 is 5.97 Å². The van der Waals surface area contributed by atoms with Gasteiger partial charge in [0, 0.05) is 0 Å². The lowest BCUT2D eigenvalue weighted by Gasteiger charge is -2.00. The smallest absolute Gasteiger partial charge is 0.394 e. The van der Waals surface area contributed by atoms with E-state index in [9.17, 15) is 4.79 Å².